The minimum absolute atomic E-state index is 0.0186. The van der Waals surface area contributed by atoms with E-state index in [0.29, 0.717) is 32.1 Å². The Morgan fingerprint density at radius 1 is 1.38 bits per heavy atom. The standard InChI is InChI=1S/C15H27NO5/c1-12(2)10-16(7-5-15(18)19)14(17)6-9-20-11-13-4-3-8-21-13/h12-13H,3-11H2,1-2H3,(H,18,19). The van der Waals surface area contributed by atoms with Gasteiger partial charge in [-0.3, -0.25) is 9.59 Å². The molecule has 122 valence electrons. The number of carboxylic acid groups (broad SMARTS) is 1. The zero-order valence-electron chi connectivity index (χ0n) is 13.0. The summed E-state index contributed by atoms with van der Waals surface area (Å²) >= 11 is 0. The molecule has 1 saturated heterocycles. The van der Waals surface area contributed by atoms with Crippen molar-refractivity contribution in [1.82, 2.24) is 4.90 Å². The minimum Gasteiger partial charge on any atom is -0.481 e. The van der Waals surface area contributed by atoms with Crippen molar-refractivity contribution in [3.8, 4) is 0 Å². The highest BCUT2D eigenvalue weighted by molar-refractivity contribution is 5.77. The third kappa shape index (κ3) is 8.02. The molecule has 1 heterocycles. The molecule has 6 heteroatoms. The molecule has 0 radical (unpaired) electrons. The fourth-order valence-corrected chi connectivity index (χ4v) is 2.30. The normalized spacial score (nSPS) is 18.1. The van der Waals surface area contributed by atoms with E-state index >= 15 is 0 Å². The second-order valence-corrected chi connectivity index (χ2v) is 5.84. The summed E-state index contributed by atoms with van der Waals surface area (Å²) in [5.74, 6) is -0.612. The molecule has 1 unspecified atom stereocenters. The number of ether oxygens (including phenoxy) is 2. The number of rotatable bonds is 10. The van der Waals surface area contributed by atoms with Crippen LogP contribution in [0.1, 0.15) is 39.5 Å². The summed E-state index contributed by atoms with van der Waals surface area (Å²) in [5, 5.41) is 8.74. The predicted octanol–water partition coefficient (Wildman–Crippen LogP) is 1.53. The zero-order chi connectivity index (χ0) is 15.7. The Balaban J connectivity index is 2.24. The van der Waals surface area contributed by atoms with Gasteiger partial charge in [0.2, 0.25) is 5.91 Å². The van der Waals surface area contributed by atoms with E-state index in [-0.39, 0.29) is 25.0 Å². The van der Waals surface area contributed by atoms with Crippen molar-refractivity contribution in [3.63, 3.8) is 0 Å². The summed E-state index contributed by atoms with van der Waals surface area (Å²) in [7, 11) is 0. The molecule has 1 aliphatic rings. The van der Waals surface area contributed by atoms with Gasteiger partial charge in [0.1, 0.15) is 0 Å². The number of amides is 1. The molecule has 6 nitrogen and oxygen atoms in total. The minimum atomic E-state index is -0.883. The van der Waals surface area contributed by atoms with Crippen molar-refractivity contribution in [2.45, 2.75) is 45.6 Å². The summed E-state index contributed by atoms with van der Waals surface area (Å²) in [4.78, 5) is 24.4. The van der Waals surface area contributed by atoms with E-state index in [1.807, 2.05) is 13.8 Å². The maximum Gasteiger partial charge on any atom is 0.305 e. The Bertz CT molecular complexity index is 326. The lowest BCUT2D eigenvalue weighted by atomic mass is 10.2. The molecule has 1 amide bonds. The first kappa shape index (κ1) is 17.9. The van der Waals surface area contributed by atoms with Gasteiger partial charge in [-0.05, 0) is 18.8 Å². The molecule has 0 aliphatic carbocycles. The van der Waals surface area contributed by atoms with Crippen LogP contribution in [0.5, 0.6) is 0 Å². The Hall–Kier alpha value is -1.14. The second-order valence-electron chi connectivity index (χ2n) is 5.84. The van der Waals surface area contributed by atoms with Gasteiger partial charge in [0.15, 0.2) is 0 Å². The molecule has 0 aromatic rings. The molecule has 21 heavy (non-hydrogen) atoms. The van der Waals surface area contributed by atoms with Crippen LogP contribution in [0.15, 0.2) is 0 Å². The van der Waals surface area contributed by atoms with Crippen LogP contribution < -0.4 is 0 Å². The molecule has 0 aromatic carbocycles. The smallest absolute Gasteiger partial charge is 0.305 e. The lowest BCUT2D eigenvalue weighted by molar-refractivity contribution is -0.139. The molecule has 0 spiro atoms. The Labute approximate surface area is 126 Å². The maximum atomic E-state index is 12.1. The number of nitrogens with zero attached hydrogens (tertiary/aromatic N) is 1. The third-order valence-electron chi connectivity index (χ3n) is 3.32. The Morgan fingerprint density at radius 3 is 2.71 bits per heavy atom. The van der Waals surface area contributed by atoms with Crippen LogP contribution in [-0.4, -0.2) is 60.9 Å². The first-order valence-electron chi connectivity index (χ1n) is 7.68. The van der Waals surface area contributed by atoms with Gasteiger partial charge in [0.05, 0.1) is 32.2 Å². The summed E-state index contributed by atoms with van der Waals surface area (Å²) in [5.41, 5.74) is 0. The van der Waals surface area contributed by atoms with E-state index in [4.69, 9.17) is 14.6 Å². The van der Waals surface area contributed by atoms with Gasteiger partial charge >= 0.3 is 5.97 Å². The van der Waals surface area contributed by atoms with Gasteiger partial charge in [-0.25, -0.2) is 0 Å². The molecule has 1 N–H and O–H groups in total. The zero-order valence-corrected chi connectivity index (χ0v) is 13.0. The number of hydrogen-bond donors (Lipinski definition) is 1. The highest BCUT2D eigenvalue weighted by Gasteiger charge is 2.18. The van der Waals surface area contributed by atoms with E-state index in [0.717, 1.165) is 19.4 Å². The molecular formula is C15H27NO5. The van der Waals surface area contributed by atoms with E-state index in [2.05, 4.69) is 0 Å². The first-order chi connectivity index (χ1) is 9.99. The van der Waals surface area contributed by atoms with E-state index in [1.54, 1.807) is 4.90 Å². The third-order valence-corrected chi connectivity index (χ3v) is 3.32. The van der Waals surface area contributed by atoms with Gasteiger partial charge in [-0.2, -0.15) is 0 Å². The average molecular weight is 301 g/mol. The number of carbonyl (C=O) groups is 2. The monoisotopic (exact) mass is 301 g/mol. The van der Waals surface area contributed by atoms with Crippen LogP contribution in [0.4, 0.5) is 0 Å². The summed E-state index contributed by atoms with van der Waals surface area (Å²) in [6, 6.07) is 0. The number of carboxylic acids is 1. The Kier molecular flexibility index (Phi) is 8.30. The first-order valence-corrected chi connectivity index (χ1v) is 7.68. The van der Waals surface area contributed by atoms with Crippen LogP contribution in [-0.2, 0) is 19.1 Å². The van der Waals surface area contributed by atoms with Crippen LogP contribution in [0, 0.1) is 5.92 Å². The fraction of sp³-hybridized carbons (Fsp3) is 0.867. The maximum absolute atomic E-state index is 12.1. The highest BCUT2D eigenvalue weighted by atomic mass is 16.5. The van der Waals surface area contributed by atoms with Crippen LogP contribution in [0.25, 0.3) is 0 Å². The van der Waals surface area contributed by atoms with E-state index in [9.17, 15) is 9.59 Å². The fourth-order valence-electron chi connectivity index (χ4n) is 2.30. The van der Waals surface area contributed by atoms with E-state index in [1.165, 1.54) is 0 Å². The predicted molar refractivity (Wildman–Crippen MR) is 78.1 cm³/mol. The summed E-state index contributed by atoms with van der Waals surface area (Å²) in [6.07, 6.45) is 2.53. The molecule has 1 fully saturated rings. The summed E-state index contributed by atoms with van der Waals surface area (Å²) in [6.45, 7) is 6.55. The van der Waals surface area contributed by atoms with Gasteiger partial charge in [0, 0.05) is 19.7 Å². The lowest BCUT2D eigenvalue weighted by Crippen LogP contribution is -2.36. The van der Waals surface area contributed by atoms with Crippen molar-refractivity contribution in [1.29, 1.82) is 0 Å². The number of carbonyl (C=O) groups excluding carboxylic acids is 1. The second kappa shape index (κ2) is 9.73. The molecule has 0 bridgehead atoms. The molecule has 1 aliphatic heterocycles. The van der Waals surface area contributed by atoms with Gasteiger partial charge in [-0.1, -0.05) is 13.8 Å². The van der Waals surface area contributed by atoms with Gasteiger partial charge in [0.25, 0.3) is 0 Å². The molecule has 1 atom stereocenters. The van der Waals surface area contributed by atoms with Crippen molar-refractivity contribution in [3.05, 3.63) is 0 Å². The van der Waals surface area contributed by atoms with Crippen molar-refractivity contribution in [2.24, 2.45) is 5.92 Å². The highest BCUT2D eigenvalue weighted by Crippen LogP contribution is 2.12. The van der Waals surface area contributed by atoms with Crippen molar-refractivity contribution >= 4 is 11.9 Å². The largest absolute Gasteiger partial charge is 0.481 e. The van der Waals surface area contributed by atoms with Gasteiger partial charge < -0.3 is 19.5 Å². The average Bonchev–Trinajstić information content (AvgIpc) is 2.92. The lowest BCUT2D eigenvalue weighted by Gasteiger charge is -2.24. The molecule has 0 aromatic heterocycles. The molecular weight excluding hydrogens is 274 g/mol. The van der Waals surface area contributed by atoms with Crippen LogP contribution >= 0.6 is 0 Å². The number of hydrogen-bond acceptors (Lipinski definition) is 4. The van der Waals surface area contributed by atoms with Crippen LogP contribution in [0.2, 0.25) is 0 Å². The van der Waals surface area contributed by atoms with Crippen molar-refractivity contribution < 1.29 is 24.2 Å². The Morgan fingerprint density at radius 2 is 2.14 bits per heavy atom. The quantitative estimate of drug-likeness (QED) is 0.619. The summed E-state index contributed by atoms with van der Waals surface area (Å²) < 4.78 is 10.9. The van der Waals surface area contributed by atoms with Crippen molar-refractivity contribution in [2.75, 3.05) is 32.9 Å². The van der Waals surface area contributed by atoms with Gasteiger partial charge in [-0.15, -0.1) is 0 Å². The van der Waals surface area contributed by atoms with Crippen LogP contribution in [0.3, 0.4) is 0 Å². The SMILES string of the molecule is CC(C)CN(CCC(=O)O)C(=O)CCOCC1CCCO1. The topological polar surface area (TPSA) is 76.1 Å². The molecule has 0 saturated carbocycles. The van der Waals surface area contributed by atoms with E-state index < -0.39 is 5.97 Å². The number of aliphatic carboxylic acids is 1. The molecule has 1 rings (SSSR count).